The van der Waals surface area contributed by atoms with Crippen molar-refractivity contribution in [3.8, 4) is 0 Å². The van der Waals surface area contributed by atoms with Gasteiger partial charge in [-0.15, -0.1) is 11.3 Å². The van der Waals surface area contributed by atoms with Gasteiger partial charge < -0.3 is 10.2 Å². The van der Waals surface area contributed by atoms with Gasteiger partial charge in [0.25, 0.3) is 5.91 Å². The summed E-state index contributed by atoms with van der Waals surface area (Å²) >= 11 is 4.78. The fourth-order valence-corrected chi connectivity index (χ4v) is 5.68. The molecule has 1 saturated heterocycles. The van der Waals surface area contributed by atoms with Crippen LogP contribution in [0.4, 0.5) is 19.0 Å². The van der Waals surface area contributed by atoms with Crippen LogP contribution in [0, 0.1) is 0 Å². The predicted octanol–water partition coefficient (Wildman–Crippen LogP) is 5.77. The number of nitrogens with one attached hydrogen (secondary N) is 1. The number of alkyl halides is 3. The molecule has 4 heterocycles. The molecule has 0 bridgehead atoms. The average molecular weight is 491 g/mol. The summed E-state index contributed by atoms with van der Waals surface area (Å²) in [5.41, 5.74) is 0.0363. The highest BCUT2D eigenvalue weighted by molar-refractivity contribution is 9.10. The Hall–Kier alpha value is -1.55. The monoisotopic (exact) mass is 490 g/mol. The number of amides is 1. The summed E-state index contributed by atoms with van der Waals surface area (Å²) in [7, 11) is 0. The Morgan fingerprint density at radius 2 is 2.00 bits per heavy atom. The van der Waals surface area contributed by atoms with Crippen molar-refractivity contribution in [2.75, 3.05) is 5.32 Å². The SMILES string of the molecule is C[C@@H]1CCC[C@@H](C)N1C(=O)c1nn2c(c1Br)N[C@@H](c1cccs1)C[C@H]2C(F)(F)F. The van der Waals surface area contributed by atoms with E-state index in [0.717, 1.165) is 28.8 Å². The van der Waals surface area contributed by atoms with Gasteiger partial charge in [0.05, 0.1) is 10.5 Å². The van der Waals surface area contributed by atoms with E-state index < -0.39 is 18.3 Å². The molecule has 4 atom stereocenters. The molecule has 2 aromatic rings. The number of piperidine rings is 1. The highest BCUT2D eigenvalue weighted by Crippen LogP contribution is 2.47. The Morgan fingerprint density at radius 1 is 1.31 bits per heavy atom. The molecule has 1 amide bonds. The van der Waals surface area contributed by atoms with Gasteiger partial charge in [-0.3, -0.25) is 4.79 Å². The first-order valence-electron chi connectivity index (χ1n) is 9.65. The van der Waals surface area contributed by atoms with E-state index in [4.69, 9.17) is 0 Å². The van der Waals surface area contributed by atoms with E-state index in [1.54, 1.807) is 4.90 Å². The molecule has 0 radical (unpaired) electrons. The molecule has 0 saturated carbocycles. The number of halogens is 4. The summed E-state index contributed by atoms with van der Waals surface area (Å²) in [5.74, 6) is -0.119. The summed E-state index contributed by atoms with van der Waals surface area (Å²) < 4.78 is 42.8. The first-order chi connectivity index (χ1) is 13.7. The molecule has 0 unspecified atom stereocenters. The number of rotatable bonds is 2. The Kier molecular flexibility index (Phi) is 5.43. The van der Waals surface area contributed by atoms with Gasteiger partial charge in [-0.1, -0.05) is 6.07 Å². The highest BCUT2D eigenvalue weighted by Gasteiger charge is 2.48. The maximum absolute atomic E-state index is 13.9. The number of carbonyl (C=O) groups excluding carboxylic acids is 1. The zero-order valence-corrected chi connectivity index (χ0v) is 18.4. The fraction of sp³-hybridized carbons (Fsp3) is 0.579. The molecule has 4 rings (SSSR count). The molecule has 0 aliphatic carbocycles. The minimum atomic E-state index is -4.47. The van der Waals surface area contributed by atoms with E-state index in [1.165, 1.54) is 11.3 Å². The van der Waals surface area contributed by atoms with Crippen molar-refractivity contribution in [3.63, 3.8) is 0 Å². The van der Waals surface area contributed by atoms with Gasteiger partial charge >= 0.3 is 6.18 Å². The number of thiophene rings is 1. The first kappa shape index (κ1) is 20.7. The van der Waals surface area contributed by atoms with Gasteiger partial charge in [-0.05, 0) is 60.5 Å². The number of nitrogens with zero attached hydrogens (tertiary/aromatic N) is 3. The second kappa shape index (κ2) is 7.61. The van der Waals surface area contributed by atoms with Crippen molar-refractivity contribution in [3.05, 3.63) is 32.6 Å². The lowest BCUT2D eigenvalue weighted by Crippen LogP contribution is -2.47. The van der Waals surface area contributed by atoms with E-state index in [9.17, 15) is 18.0 Å². The lowest BCUT2D eigenvalue weighted by molar-refractivity contribution is -0.173. The summed E-state index contributed by atoms with van der Waals surface area (Å²) in [4.78, 5) is 15.8. The number of hydrogen-bond acceptors (Lipinski definition) is 4. The lowest BCUT2D eigenvalue weighted by Gasteiger charge is -2.38. The summed E-state index contributed by atoms with van der Waals surface area (Å²) in [6, 6.07) is 1.42. The summed E-state index contributed by atoms with van der Waals surface area (Å²) in [6.45, 7) is 3.95. The van der Waals surface area contributed by atoms with Crippen LogP contribution in [-0.4, -0.2) is 38.8 Å². The Balaban J connectivity index is 1.74. The van der Waals surface area contributed by atoms with Gasteiger partial charge in [0.1, 0.15) is 5.82 Å². The zero-order chi connectivity index (χ0) is 20.9. The number of likely N-dealkylation sites (tertiary alicyclic amines) is 1. The second-order valence-electron chi connectivity index (χ2n) is 7.80. The molecular weight excluding hydrogens is 469 g/mol. The van der Waals surface area contributed by atoms with Crippen molar-refractivity contribution in [1.29, 1.82) is 0 Å². The molecule has 158 valence electrons. The van der Waals surface area contributed by atoms with E-state index in [1.807, 2.05) is 31.4 Å². The van der Waals surface area contributed by atoms with Crippen molar-refractivity contribution in [2.45, 2.75) is 69.9 Å². The Morgan fingerprint density at radius 3 is 2.59 bits per heavy atom. The molecule has 5 nitrogen and oxygen atoms in total. The van der Waals surface area contributed by atoms with Crippen LogP contribution in [-0.2, 0) is 0 Å². The van der Waals surface area contributed by atoms with Crippen molar-refractivity contribution in [1.82, 2.24) is 14.7 Å². The number of carbonyl (C=O) groups is 1. The molecular formula is C19H22BrF3N4OS. The van der Waals surface area contributed by atoms with Crippen LogP contribution in [0.1, 0.15) is 67.0 Å². The molecule has 2 aromatic heterocycles. The van der Waals surface area contributed by atoms with Gasteiger partial charge in [0.2, 0.25) is 0 Å². The van der Waals surface area contributed by atoms with E-state index in [-0.39, 0.29) is 35.9 Å². The quantitative estimate of drug-likeness (QED) is 0.581. The minimum Gasteiger partial charge on any atom is -0.362 e. The maximum Gasteiger partial charge on any atom is 0.410 e. The van der Waals surface area contributed by atoms with Crippen LogP contribution in [0.5, 0.6) is 0 Å². The third-order valence-electron chi connectivity index (χ3n) is 5.81. The minimum absolute atomic E-state index is 0.0297. The van der Waals surface area contributed by atoms with Gasteiger partial charge in [0, 0.05) is 23.4 Å². The molecule has 2 aliphatic rings. The van der Waals surface area contributed by atoms with Crippen molar-refractivity contribution in [2.24, 2.45) is 0 Å². The van der Waals surface area contributed by atoms with Crippen LogP contribution in [0.2, 0.25) is 0 Å². The van der Waals surface area contributed by atoms with Gasteiger partial charge in [-0.25, -0.2) is 4.68 Å². The third-order valence-corrected chi connectivity index (χ3v) is 7.55. The van der Waals surface area contributed by atoms with Crippen LogP contribution in [0.25, 0.3) is 0 Å². The molecule has 2 aliphatic heterocycles. The van der Waals surface area contributed by atoms with Gasteiger partial charge in [0.15, 0.2) is 11.7 Å². The van der Waals surface area contributed by atoms with Crippen LogP contribution < -0.4 is 5.32 Å². The van der Waals surface area contributed by atoms with Crippen molar-refractivity contribution >= 4 is 39.0 Å². The maximum atomic E-state index is 13.9. The largest absolute Gasteiger partial charge is 0.410 e. The average Bonchev–Trinajstić information content (AvgIpc) is 3.28. The predicted molar refractivity (Wildman–Crippen MR) is 109 cm³/mol. The normalized spacial score (nSPS) is 27.4. The van der Waals surface area contributed by atoms with Gasteiger partial charge in [-0.2, -0.15) is 18.3 Å². The van der Waals surface area contributed by atoms with Crippen LogP contribution in [0.15, 0.2) is 22.0 Å². The van der Waals surface area contributed by atoms with E-state index >= 15 is 0 Å². The molecule has 0 aromatic carbocycles. The number of hydrogen-bond donors (Lipinski definition) is 1. The van der Waals surface area contributed by atoms with E-state index in [2.05, 4.69) is 26.3 Å². The molecule has 29 heavy (non-hydrogen) atoms. The topological polar surface area (TPSA) is 50.2 Å². The summed E-state index contributed by atoms with van der Waals surface area (Å²) in [6.07, 6.45) is -1.84. The molecule has 1 N–H and O–H groups in total. The standard InChI is InChI=1S/C19H22BrF3N4OS/c1-10-5-3-6-11(2)26(10)18(28)16-15(20)17-24-12(13-7-4-8-29-13)9-14(19(21,22)23)27(17)25-16/h4,7-8,10-12,14,24H,3,5-6,9H2,1-2H3/t10-,11-,12-,14+/m1/s1. The number of aromatic nitrogens is 2. The smallest absolute Gasteiger partial charge is 0.362 e. The van der Waals surface area contributed by atoms with Crippen LogP contribution in [0.3, 0.4) is 0 Å². The second-order valence-corrected chi connectivity index (χ2v) is 9.57. The zero-order valence-electron chi connectivity index (χ0n) is 16.0. The molecule has 1 fully saturated rings. The highest BCUT2D eigenvalue weighted by atomic mass is 79.9. The van der Waals surface area contributed by atoms with Crippen LogP contribution >= 0.6 is 27.3 Å². The molecule has 10 heteroatoms. The first-order valence-corrected chi connectivity index (χ1v) is 11.3. The number of anilines is 1. The number of fused-ring (bicyclic) bond motifs is 1. The van der Waals surface area contributed by atoms with E-state index in [0.29, 0.717) is 4.47 Å². The summed E-state index contributed by atoms with van der Waals surface area (Å²) in [5, 5.41) is 9.16. The third kappa shape index (κ3) is 3.69. The Labute approximate surface area is 179 Å². The Bertz CT molecular complexity index is 888. The molecule has 0 spiro atoms. The lowest BCUT2D eigenvalue weighted by atomic mass is 9.97. The fourth-order valence-electron chi connectivity index (χ4n) is 4.35. The van der Waals surface area contributed by atoms with Crippen molar-refractivity contribution < 1.29 is 18.0 Å².